The first kappa shape index (κ1) is 17.4. The Morgan fingerprint density at radius 2 is 1.62 bits per heavy atom. The number of nitrogens with zero attached hydrogens (tertiary/aromatic N) is 1. The van der Waals surface area contributed by atoms with Crippen LogP contribution in [0.1, 0.15) is 12.5 Å². The Morgan fingerprint density at radius 3 is 2.21 bits per heavy atom. The van der Waals surface area contributed by atoms with E-state index in [9.17, 15) is 16.8 Å². The summed E-state index contributed by atoms with van der Waals surface area (Å²) in [5, 5.41) is 5.15. The van der Waals surface area contributed by atoms with Gasteiger partial charge < -0.3 is 0 Å². The summed E-state index contributed by atoms with van der Waals surface area (Å²) in [5.74, 6) is 0. The van der Waals surface area contributed by atoms with Crippen LogP contribution in [0.15, 0.2) is 56.7 Å². The van der Waals surface area contributed by atoms with Crippen molar-refractivity contribution in [1.82, 2.24) is 0 Å². The standard InChI is InChI=1S/C15H15BrN2O4S2/c1-10-8-11-9-14(23(17,19)20)6-7-15(11)18(10)24(21,22)13-4-2-12(16)3-5-13/h2-7,9-10H,8H2,1H3,(H2,17,19,20). The number of primary sulfonamides is 1. The highest BCUT2D eigenvalue weighted by molar-refractivity contribution is 9.10. The lowest BCUT2D eigenvalue weighted by molar-refractivity contribution is 0.584. The number of halogens is 1. The lowest BCUT2D eigenvalue weighted by Gasteiger charge is -2.24. The number of sulfonamides is 2. The molecule has 1 heterocycles. The summed E-state index contributed by atoms with van der Waals surface area (Å²) in [7, 11) is -7.56. The van der Waals surface area contributed by atoms with Crippen LogP contribution in [0.25, 0.3) is 0 Å². The zero-order chi connectivity index (χ0) is 17.7. The minimum absolute atomic E-state index is 0.0173. The molecule has 1 aliphatic rings. The van der Waals surface area contributed by atoms with Gasteiger partial charge in [0.05, 0.1) is 15.5 Å². The molecule has 1 unspecified atom stereocenters. The highest BCUT2D eigenvalue weighted by atomic mass is 79.9. The van der Waals surface area contributed by atoms with Crippen LogP contribution in [-0.4, -0.2) is 22.9 Å². The van der Waals surface area contributed by atoms with Gasteiger partial charge >= 0.3 is 0 Å². The van der Waals surface area contributed by atoms with E-state index in [2.05, 4.69) is 15.9 Å². The van der Waals surface area contributed by atoms with E-state index in [1.807, 2.05) is 0 Å². The van der Waals surface area contributed by atoms with Gasteiger partial charge in [0.2, 0.25) is 10.0 Å². The van der Waals surface area contributed by atoms with E-state index in [1.165, 1.54) is 34.6 Å². The highest BCUT2D eigenvalue weighted by Crippen LogP contribution is 2.37. The van der Waals surface area contributed by atoms with Gasteiger partial charge in [0.15, 0.2) is 0 Å². The van der Waals surface area contributed by atoms with E-state index < -0.39 is 20.0 Å². The van der Waals surface area contributed by atoms with Crippen molar-refractivity contribution in [3.8, 4) is 0 Å². The van der Waals surface area contributed by atoms with E-state index in [1.54, 1.807) is 19.1 Å². The summed E-state index contributed by atoms with van der Waals surface area (Å²) in [6, 6.07) is 10.3. The maximum absolute atomic E-state index is 13.0. The molecule has 2 N–H and O–H groups in total. The zero-order valence-corrected chi connectivity index (χ0v) is 15.9. The van der Waals surface area contributed by atoms with Gasteiger partial charge in [-0.25, -0.2) is 22.0 Å². The molecule has 0 bridgehead atoms. The van der Waals surface area contributed by atoms with Gasteiger partial charge in [-0.05, 0) is 61.4 Å². The molecular weight excluding hydrogens is 416 g/mol. The van der Waals surface area contributed by atoms with Gasteiger partial charge in [-0.15, -0.1) is 0 Å². The third kappa shape index (κ3) is 2.97. The largest absolute Gasteiger partial charge is 0.264 e. The number of hydrogen-bond donors (Lipinski definition) is 1. The second kappa shape index (κ2) is 5.83. The van der Waals surface area contributed by atoms with Gasteiger partial charge in [-0.2, -0.15) is 0 Å². The van der Waals surface area contributed by atoms with Crippen molar-refractivity contribution in [2.45, 2.75) is 29.2 Å². The molecule has 1 atom stereocenters. The lowest BCUT2D eigenvalue weighted by atomic mass is 10.1. The molecule has 6 nitrogen and oxygen atoms in total. The highest BCUT2D eigenvalue weighted by Gasteiger charge is 2.36. The van der Waals surface area contributed by atoms with Gasteiger partial charge in [0.25, 0.3) is 10.0 Å². The van der Waals surface area contributed by atoms with Gasteiger partial charge in [-0.1, -0.05) is 15.9 Å². The quantitative estimate of drug-likeness (QED) is 0.806. The van der Waals surface area contributed by atoms with E-state index >= 15 is 0 Å². The molecule has 2 aromatic carbocycles. The number of hydrogen-bond acceptors (Lipinski definition) is 4. The van der Waals surface area contributed by atoms with Crippen LogP contribution < -0.4 is 9.44 Å². The molecule has 0 saturated carbocycles. The van der Waals surface area contributed by atoms with Crippen LogP contribution in [0.4, 0.5) is 5.69 Å². The Morgan fingerprint density at radius 1 is 1.04 bits per heavy atom. The Hall–Kier alpha value is -1.42. The lowest BCUT2D eigenvalue weighted by Crippen LogP contribution is -2.35. The number of benzene rings is 2. The van der Waals surface area contributed by atoms with Crippen molar-refractivity contribution in [3.05, 3.63) is 52.5 Å². The minimum Gasteiger partial charge on any atom is -0.263 e. The average molecular weight is 431 g/mol. The Labute approximate surface area is 149 Å². The van der Waals surface area contributed by atoms with E-state index in [-0.39, 0.29) is 15.8 Å². The Bertz CT molecular complexity index is 1000. The monoisotopic (exact) mass is 430 g/mol. The second-order valence-electron chi connectivity index (χ2n) is 5.64. The van der Waals surface area contributed by atoms with Crippen LogP contribution in [0, 0.1) is 0 Å². The molecule has 1 aliphatic heterocycles. The summed E-state index contributed by atoms with van der Waals surface area (Å²) >= 11 is 3.28. The normalized spacial score (nSPS) is 17.8. The van der Waals surface area contributed by atoms with E-state index in [0.717, 1.165) is 4.47 Å². The Balaban J connectivity index is 2.10. The maximum Gasteiger partial charge on any atom is 0.264 e. The minimum atomic E-state index is -3.82. The first-order chi connectivity index (χ1) is 11.1. The molecule has 0 aromatic heterocycles. The molecule has 128 valence electrons. The molecule has 0 amide bonds. The summed E-state index contributed by atoms with van der Waals surface area (Å²) in [4.78, 5) is 0.164. The second-order valence-corrected chi connectivity index (χ2v) is 9.94. The number of fused-ring (bicyclic) bond motifs is 1. The van der Waals surface area contributed by atoms with Crippen molar-refractivity contribution in [3.63, 3.8) is 0 Å². The fourth-order valence-electron chi connectivity index (χ4n) is 2.84. The smallest absolute Gasteiger partial charge is 0.263 e. The predicted molar refractivity (Wildman–Crippen MR) is 94.8 cm³/mol. The van der Waals surface area contributed by atoms with Crippen LogP contribution in [0.2, 0.25) is 0 Å². The van der Waals surface area contributed by atoms with Crippen molar-refractivity contribution in [2.75, 3.05) is 4.31 Å². The third-order valence-corrected chi connectivity index (χ3v) is 7.29. The SMILES string of the molecule is CC1Cc2cc(S(N)(=O)=O)ccc2N1S(=O)(=O)c1ccc(Br)cc1. The number of anilines is 1. The molecule has 3 rings (SSSR count). The Kier molecular flexibility index (Phi) is 4.23. The molecule has 0 radical (unpaired) electrons. The molecule has 2 aromatic rings. The summed E-state index contributed by atoms with van der Waals surface area (Å²) in [5.41, 5.74) is 1.13. The molecule has 0 aliphatic carbocycles. The van der Waals surface area contributed by atoms with Crippen molar-refractivity contribution in [2.24, 2.45) is 5.14 Å². The van der Waals surface area contributed by atoms with Gasteiger partial charge in [0, 0.05) is 10.5 Å². The van der Waals surface area contributed by atoms with Crippen LogP contribution >= 0.6 is 15.9 Å². The van der Waals surface area contributed by atoms with Crippen LogP contribution in [0.3, 0.4) is 0 Å². The first-order valence-corrected chi connectivity index (χ1v) is 10.8. The molecular formula is C15H15BrN2O4S2. The summed E-state index contributed by atoms with van der Waals surface area (Å²) in [6.45, 7) is 1.78. The van der Waals surface area contributed by atoms with Crippen molar-refractivity contribution < 1.29 is 16.8 Å². The average Bonchev–Trinajstić information content (AvgIpc) is 2.82. The molecule has 0 spiro atoms. The topological polar surface area (TPSA) is 97.5 Å². The maximum atomic E-state index is 13.0. The van der Waals surface area contributed by atoms with Crippen LogP contribution in [0.5, 0.6) is 0 Å². The molecule has 9 heteroatoms. The van der Waals surface area contributed by atoms with E-state index in [0.29, 0.717) is 17.7 Å². The predicted octanol–water partition coefficient (Wildman–Crippen LogP) is 2.24. The molecule has 24 heavy (non-hydrogen) atoms. The van der Waals surface area contributed by atoms with E-state index in [4.69, 9.17) is 5.14 Å². The fourth-order valence-corrected chi connectivity index (χ4v) is 5.36. The molecule has 0 fully saturated rings. The fraction of sp³-hybridized carbons (Fsp3) is 0.200. The molecule has 0 saturated heterocycles. The summed E-state index contributed by atoms with van der Waals surface area (Å²) in [6.07, 6.45) is 0.425. The third-order valence-electron chi connectivity index (χ3n) is 3.90. The van der Waals surface area contributed by atoms with Gasteiger partial charge in [-0.3, -0.25) is 4.31 Å². The zero-order valence-electron chi connectivity index (χ0n) is 12.7. The van der Waals surface area contributed by atoms with Crippen molar-refractivity contribution >= 4 is 41.7 Å². The number of nitrogens with two attached hydrogens (primary N) is 1. The van der Waals surface area contributed by atoms with Gasteiger partial charge in [0.1, 0.15) is 0 Å². The number of rotatable bonds is 3. The van der Waals surface area contributed by atoms with Crippen LogP contribution in [-0.2, 0) is 26.5 Å². The first-order valence-electron chi connectivity index (χ1n) is 7.06. The van der Waals surface area contributed by atoms with Crippen molar-refractivity contribution in [1.29, 1.82) is 0 Å². The summed E-state index contributed by atoms with van der Waals surface area (Å²) < 4.78 is 51.0.